The zero-order valence-electron chi connectivity index (χ0n) is 9.67. The predicted molar refractivity (Wildman–Crippen MR) is 78.8 cm³/mol. The highest BCUT2D eigenvalue weighted by atomic mass is 32.1. The van der Waals surface area contributed by atoms with Crippen LogP contribution in [-0.4, -0.2) is 4.98 Å². The molecule has 2 aromatic heterocycles. The fourth-order valence-electron chi connectivity index (χ4n) is 1.82. The number of aromatic nitrogens is 1. The molecule has 2 nitrogen and oxygen atoms in total. The van der Waals surface area contributed by atoms with E-state index in [1.54, 1.807) is 22.7 Å². The Morgan fingerprint density at radius 3 is 2.56 bits per heavy atom. The molecule has 0 spiro atoms. The molecule has 2 heterocycles. The summed E-state index contributed by atoms with van der Waals surface area (Å²) in [5, 5.41) is 3.13. The Balaban J connectivity index is 2.10. The first-order chi connectivity index (χ1) is 8.88. The second-order valence-corrected chi connectivity index (χ2v) is 5.87. The van der Waals surface area contributed by atoms with E-state index in [1.165, 1.54) is 4.88 Å². The van der Waals surface area contributed by atoms with Crippen LogP contribution >= 0.6 is 22.7 Å². The van der Waals surface area contributed by atoms with Crippen molar-refractivity contribution in [3.05, 3.63) is 52.7 Å². The van der Waals surface area contributed by atoms with Gasteiger partial charge in [-0.25, -0.2) is 4.98 Å². The van der Waals surface area contributed by atoms with Crippen LogP contribution in [0, 0.1) is 0 Å². The normalized spacial score (nSPS) is 10.7. The van der Waals surface area contributed by atoms with Gasteiger partial charge in [0.15, 0.2) is 0 Å². The summed E-state index contributed by atoms with van der Waals surface area (Å²) in [4.78, 5) is 7.09. The molecule has 0 aliphatic carbocycles. The van der Waals surface area contributed by atoms with Crippen molar-refractivity contribution in [3.63, 3.8) is 0 Å². The second kappa shape index (κ2) is 5.02. The third-order valence-electron chi connectivity index (χ3n) is 2.66. The summed E-state index contributed by atoms with van der Waals surface area (Å²) < 4.78 is 0. The molecule has 1 aromatic carbocycles. The summed E-state index contributed by atoms with van der Waals surface area (Å²) in [5.41, 5.74) is 7.98. The molecule has 3 rings (SSSR count). The van der Waals surface area contributed by atoms with Gasteiger partial charge in [0.1, 0.15) is 5.01 Å². The van der Waals surface area contributed by atoms with E-state index in [4.69, 9.17) is 10.7 Å². The minimum Gasteiger partial charge on any atom is -0.326 e. The minimum absolute atomic E-state index is 0.535. The number of benzene rings is 1. The smallest absolute Gasteiger partial charge is 0.134 e. The van der Waals surface area contributed by atoms with Crippen molar-refractivity contribution in [1.29, 1.82) is 0 Å². The molecule has 0 fully saturated rings. The highest BCUT2D eigenvalue weighted by Gasteiger charge is 2.13. The first-order valence-corrected chi connectivity index (χ1v) is 7.37. The summed E-state index contributed by atoms with van der Waals surface area (Å²) in [6, 6.07) is 14.4. The van der Waals surface area contributed by atoms with E-state index in [1.807, 2.05) is 24.3 Å². The van der Waals surface area contributed by atoms with Crippen LogP contribution in [-0.2, 0) is 6.54 Å². The van der Waals surface area contributed by atoms with Crippen molar-refractivity contribution >= 4 is 22.7 Å². The van der Waals surface area contributed by atoms with Crippen LogP contribution in [0.4, 0.5) is 0 Å². The molecule has 0 amide bonds. The van der Waals surface area contributed by atoms with E-state index in [0.717, 1.165) is 21.1 Å². The van der Waals surface area contributed by atoms with Crippen molar-refractivity contribution in [1.82, 2.24) is 4.98 Å². The summed E-state index contributed by atoms with van der Waals surface area (Å²) in [6.45, 7) is 0.535. The highest BCUT2D eigenvalue weighted by Crippen LogP contribution is 2.35. The number of thiazole rings is 1. The lowest BCUT2D eigenvalue weighted by molar-refractivity contribution is 1.10. The molecule has 3 aromatic rings. The number of thiophene rings is 1. The van der Waals surface area contributed by atoms with E-state index < -0.39 is 0 Å². The maximum Gasteiger partial charge on any atom is 0.134 e. The lowest BCUT2D eigenvalue weighted by Gasteiger charge is -1.98. The Morgan fingerprint density at radius 2 is 1.89 bits per heavy atom. The van der Waals surface area contributed by atoms with Gasteiger partial charge in [0.25, 0.3) is 0 Å². The molecule has 4 heteroatoms. The molecular formula is C14H12N2S2. The Kier molecular flexibility index (Phi) is 3.23. The lowest BCUT2D eigenvalue weighted by atomic mass is 10.1. The van der Waals surface area contributed by atoms with Gasteiger partial charge in [-0.2, -0.15) is 0 Å². The molecule has 0 bridgehead atoms. The molecule has 0 atom stereocenters. The number of rotatable bonds is 3. The Hall–Kier alpha value is -1.49. The van der Waals surface area contributed by atoms with Crippen LogP contribution in [0.15, 0.2) is 47.8 Å². The van der Waals surface area contributed by atoms with Crippen LogP contribution in [0.3, 0.4) is 0 Å². The van der Waals surface area contributed by atoms with Crippen molar-refractivity contribution in [2.24, 2.45) is 5.73 Å². The first kappa shape index (κ1) is 11.6. The van der Waals surface area contributed by atoms with E-state index >= 15 is 0 Å². The molecular weight excluding hydrogens is 260 g/mol. The molecule has 0 aliphatic heterocycles. The lowest BCUT2D eigenvalue weighted by Crippen LogP contribution is -1.95. The van der Waals surface area contributed by atoms with Crippen molar-refractivity contribution in [2.45, 2.75) is 6.54 Å². The summed E-state index contributed by atoms with van der Waals surface area (Å²) in [5.74, 6) is 0. The predicted octanol–water partition coefficient (Wildman–Crippen LogP) is 4.00. The largest absolute Gasteiger partial charge is 0.326 e. The number of nitrogens with two attached hydrogens (primary N) is 1. The van der Waals surface area contributed by atoms with Gasteiger partial charge >= 0.3 is 0 Å². The van der Waals surface area contributed by atoms with E-state index in [-0.39, 0.29) is 0 Å². The van der Waals surface area contributed by atoms with E-state index in [2.05, 4.69) is 23.6 Å². The van der Waals surface area contributed by atoms with Gasteiger partial charge in [0, 0.05) is 17.0 Å². The van der Waals surface area contributed by atoms with Crippen LogP contribution < -0.4 is 5.73 Å². The molecule has 2 N–H and O–H groups in total. The number of hydrogen-bond donors (Lipinski definition) is 1. The fourth-order valence-corrected chi connectivity index (χ4v) is 3.58. The molecule has 0 aliphatic rings. The SMILES string of the molecule is NCc1sc(-c2cccs2)nc1-c1ccccc1. The van der Waals surface area contributed by atoms with Gasteiger partial charge in [-0.3, -0.25) is 0 Å². The van der Waals surface area contributed by atoms with Gasteiger partial charge in [-0.05, 0) is 11.4 Å². The average Bonchev–Trinajstić information content (AvgIpc) is 3.08. The van der Waals surface area contributed by atoms with Crippen LogP contribution in [0.5, 0.6) is 0 Å². The van der Waals surface area contributed by atoms with Crippen molar-refractivity contribution in [3.8, 4) is 21.1 Å². The number of nitrogens with zero attached hydrogens (tertiary/aromatic N) is 1. The molecule has 18 heavy (non-hydrogen) atoms. The van der Waals surface area contributed by atoms with Gasteiger partial charge in [0.2, 0.25) is 0 Å². The van der Waals surface area contributed by atoms with Gasteiger partial charge in [-0.15, -0.1) is 22.7 Å². The number of hydrogen-bond acceptors (Lipinski definition) is 4. The van der Waals surface area contributed by atoms with E-state index in [0.29, 0.717) is 6.54 Å². The van der Waals surface area contributed by atoms with Crippen LogP contribution in [0.2, 0.25) is 0 Å². The standard InChI is InChI=1S/C14H12N2S2/c15-9-12-13(10-5-2-1-3-6-10)16-14(18-12)11-7-4-8-17-11/h1-8H,9,15H2. The zero-order valence-corrected chi connectivity index (χ0v) is 11.3. The molecule has 0 unspecified atom stereocenters. The quantitative estimate of drug-likeness (QED) is 0.782. The molecule has 0 radical (unpaired) electrons. The molecule has 0 saturated carbocycles. The van der Waals surface area contributed by atoms with Gasteiger partial charge in [-0.1, -0.05) is 36.4 Å². The van der Waals surface area contributed by atoms with Crippen molar-refractivity contribution < 1.29 is 0 Å². The Morgan fingerprint density at radius 1 is 1.06 bits per heavy atom. The summed E-state index contributed by atoms with van der Waals surface area (Å²) in [6.07, 6.45) is 0. The molecule has 90 valence electrons. The van der Waals surface area contributed by atoms with E-state index in [9.17, 15) is 0 Å². The third-order valence-corrected chi connectivity index (χ3v) is 4.78. The van der Waals surface area contributed by atoms with Crippen LogP contribution in [0.25, 0.3) is 21.1 Å². The molecule has 0 saturated heterocycles. The summed E-state index contributed by atoms with van der Waals surface area (Å²) >= 11 is 3.40. The second-order valence-electron chi connectivity index (χ2n) is 3.84. The Bertz CT molecular complexity index is 627. The minimum atomic E-state index is 0.535. The maximum absolute atomic E-state index is 5.83. The van der Waals surface area contributed by atoms with Crippen LogP contribution in [0.1, 0.15) is 4.88 Å². The monoisotopic (exact) mass is 272 g/mol. The fraction of sp³-hybridized carbons (Fsp3) is 0.0714. The van der Waals surface area contributed by atoms with Gasteiger partial charge in [0.05, 0.1) is 10.6 Å². The van der Waals surface area contributed by atoms with Crippen molar-refractivity contribution in [2.75, 3.05) is 0 Å². The zero-order chi connectivity index (χ0) is 12.4. The average molecular weight is 272 g/mol. The summed E-state index contributed by atoms with van der Waals surface area (Å²) in [7, 11) is 0. The third kappa shape index (κ3) is 2.10. The highest BCUT2D eigenvalue weighted by molar-refractivity contribution is 7.21. The van der Waals surface area contributed by atoms with Gasteiger partial charge < -0.3 is 5.73 Å². The first-order valence-electron chi connectivity index (χ1n) is 5.67. The topological polar surface area (TPSA) is 38.9 Å². The Labute approximate surface area is 114 Å². The maximum atomic E-state index is 5.83.